The van der Waals surface area contributed by atoms with Crippen molar-refractivity contribution in [2.24, 2.45) is 0 Å². The van der Waals surface area contributed by atoms with Gasteiger partial charge in [-0.3, -0.25) is 0 Å². The van der Waals surface area contributed by atoms with Gasteiger partial charge in [0.2, 0.25) is 0 Å². The van der Waals surface area contributed by atoms with E-state index in [0.717, 1.165) is 6.07 Å². The van der Waals surface area contributed by atoms with E-state index in [0.29, 0.717) is 5.39 Å². The summed E-state index contributed by atoms with van der Waals surface area (Å²) in [6.45, 7) is 0. The predicted octanol–water partition coefficient (Wildman–Crippen LogP) is 1.48. The third kappa shape index (κ3) is 1.44. The highest BCUT2D eigenvalue weighted by molar-refractivity contribution is 6.03. The molecule has 0 heterocycles. The summed E-state index contributed by atoms with van der Waals surface area (Å²) in [6, 6.07) is 7.02. The van der Waals surface area contributed by atoms with Crippen molar-refractivity contribution in [2.75, 3.05) is 0 Å². The Kier molecular flexibility index (Phi) is 2.11. The van der Waals surface area contributed by atoms with Crippen LogP contribution in [0.25, 0.3) is 10.8 Å². The van der Waals surface area contributed by atoms with Crippen LogP contribution < -0.4 is 5.11 Å². The van der Waals surface area contributed by atoms with Crippen molar-refractivity contribution in [1.82, 2.24) is 0 Å². The maximum Gasteiger partial charge on any atom is 0.168 e. The Hall–Kier alpha value is -1.97. The van der Waals surface area contributed by atoms with Crippen molar-refractivity contribution in [3.8, 4) is 0 Å². The minimum absolute atomic E-state index is 0.136. The van der Waals surface area contributed by atoms with Crippen LogP contribution >= 0.6 is 0 Å². The molecule has 2 nitrogen and oxygen atoms in total. The Morgan fingerprint density at radius 1 is 1.20 bits per heavy atom. The molecule has 0 aromatic heterocycles. The molecule has 0 bridgehead atoms. The second-order valence-corrected chi connectivity index (χ2v) is 3.06. The molecule has 0 amide bonds. The van der Waals surface area contributed by atoms with Gasteiger partial charge in [0.05, 0.1) is 5.97 Å². The van der Waals surface area contributed by atoms with E-state index in [4.69, 9.17) is 0 Å². The van der Waals surface area contributed by atoms with Gasteiger partial charge in [0, 0.05) is 5.56 Å². The average molecular weight is 207 g/mol. The van der Waals surface area contributed by atoms with Gasteiger partial charge < -0.3 is 9.90 Å². The third-order valence-corrected chi connectivity index (χ3v) is 2.15. The van der Waals surface area contributed by atoms with Crippen molar-refractivity contribution >= 4 is 16.7 Å². The largest absolute Gasteiger partial charge is 0.545 e. The Morgan fingerprint density at radius 2 is 1.87 bits per heavy atom. The monoisotopic (exact) mass is 207 g/mol. The summed E-state index contributed by atoms with van der Waals surface area (Å²) in [6.07, 6.45) is 0. The first-order valence-corrected chi connectivity index (χ1v) is 4.19. The first-order valence-electron chi connectivity index (χ1n) is 4.19. The van der Waals surface area contributed by atoms with E-state index in [2.05, 4.69) is 0 Å². The Bertz CT molecular complexity index is 550. The van der Waals surface area contributed by atoms with Crippen molar-refractivity contribution in [2.45, 2.75) is 0 Å². The number of carboxylic acids is 1. The van der Waals surface area contributed by atoms with Crippen molar-refractivity contribution in [3.05, 3.63) is 47.5 Å². The molecule has 0 spiro atoms. The minimum Gasteiger partial charge on any atom is -0.545 e. The molecule has 4 heteroatoms. The van der Waals surface area contributed by atoms with Crippen LogP contribution in [0.3, 0.4) is 0 Å². The molecule has 76 valence electrons. The van der Waals surface area contributed by atoms with E-state index in [1.807, 2.05) is 0 Å². The zero-order valence-electron chi connectivity index (χ0n) is 7.46. The fraction of sp³-hybridized carbons (Fsp3) is 0. The van der Waals surface area contributed by atoms with Gasteiger partial charge in [0.1, 0.15) is 0 Å². The number of benzene rings is 2. The lowest BCUT2D eigenvalue weighted by Gasteiger charge is -2.09. The number of hydrogen-bond donors (Lipinski definition) is 0. The SMILES string of the molecule is O=C([O-])c1c(F)c(F)cc2ccccc12. The van der Waals surface area contributed by atoms with Gasteiger partial charge in [0.15, 0.2) is 11.6 Å². The molecule has 0 N–H and O–H groups in total. The smallest absolute Gasteiger partial charge is 0.168 e. The minimum atomic E-state index is -1.72. The summed E-state index contributed by atoms with van der Waals surface area (Å²) >= 11 is 0. The summed E-state index contributed by atoms with van der Waals surface area (Å²) in [5.41, 5.74) is -0.731. The average Bonchev–Trinajstić information content (AvgIpc) is 2.19. The first-order chi connectivity index (χ1) is 7.11. The number of hydrogen-bond acceptors (Lipinski definition) is 2. The molecule has 2 aromatic carbocycles. The lowest BCUT2D eigenvalue weighted by atomic mass is 10.0. The maximum atomic E-state index is 13.2. The normalized spacial score (nSPS) is 10.5. The summed E-state index contributed by atoms with van der Waals surface area (Å²) in [7, 11) is 0. The Labute approximate surface area is 83.8 Å². The fourth-order valence-corrected chi connectivity index (χ4v) is 1.49. The van der Waals surface area contributed by atoms with Crippen LogP contribution in [0.2, 0.25) is 0 Å². The molecule has 0 atom stereocenters. The zero-order chi connectivity index (χ0) is 11.0. The highest BCUT2D eigenvalue weighted by Gasteiger charge is 2.13. The first kappa shape index (κ1) is 9.58. The number of carboxylic acid groups (broad SMARTS) is 1. The second-order valence-electron chi connectivity index (χ2n) is 3.06. The lowest BCUT2D eigenvalue weighted by Crippen LogP contribution is -2.24. The van der Waals surface area contributed by atoms with E-state index in [1.54, 1.807) is 12.1 Å². The van der Waals surface area contributed by atoms with Crippen LogP contribution in [0.1, 0.15) is 10.4 Å². The van der Waals surface area contributed by atoms with E-state index >= 15 is 0 Å². The number of aromatic carboxylic acids is 1. The van der Waals surface area contributed by atoms with Gasteiger partial charge in [0.25, 0.3) is 0 Å². The van der Waals surface area contributed by atoms with Crippen molar-refractivity contribution in [1.29, 1.82) is 0 Å². The molecule has 0 aliphatic carbocycles. The molecule has 0 radical (unpaired) electrons. The molecular formula is C11H5F2O2-. The van der Waals surface area contributed by atoms with Gasteiger partial charge in [-0.15, -0.1) is 0 Å². The van der Waals surface area contributed by atoms with Crippen molar-refractivity contribution in [3.63, 3.8) is 0 Å². The molecule has 0 aliphatic rings. The summed E-state index contributed by atoms with van der Waals surface area (Å²) in [5.74, 6) is -4.29. The number of halogens is 2. The zero-order valence-corrected chi connectivity index (χ0v) is 7.46. The Morgan fingerprint density at radius 3 is 2.53 bits per heavy atom. The third-order valence-electron chi connectivity index (χ3n) is 2.15. The second kappa shape index (κ2) is 3.31. The molecule has 2 aromatic rings. The molecule has 0 saturated heterocycles. The summed E-state index contributed by atoms with van der Waals surface area (Å²) < 4.78 is 26.2. The summed E-state index contributed by atoms with van der Waals surface area (Å²) in [5, 5.41) is 11.1. The topological polar surface area (TPSA) is 40.1 Å². The van der Waals surface area contributed by atoms with E-state index < -0.39 is 23.2 Å². The highest BCUT2D eigenvalue weighted by Crippen LogP contribution is 2.23. The number of fused-ring (bicyclic) bond motifs is 1. The standard InChI is InChI=1S/C11H6F2O2/c12-8-5-6-3-1-2-4-7(6)9(10(8)13)11(14)15/h1-5H,(H,14,15)/p-1. The number of rotatable bonds is 1. The molecule has 0 aliphatic heterocycles. The van der Waals surface area contributed by atoms with Crippen molar-refractivity contribution < 1.29 is 18.7 Å². The van der Waals surface area contributed by atoms with Gasteiger partial charge in [-0.05, 0) is 16.8 Å². The molecule has 2 rings (SSSR count). The van der Waals surface area contributed by atoms with Crippen LogP contribution in [0.5, 0.6) is 0 Å². The quantitative estimate of drug-likeness (QED) is 0.710. The van der Waals surface area contributed by atoms with E-state index in [1.165, 1.54) is 12.1 Å². The van der Waals surface area contributed by atoms with Crippen LogP contribution in [0.4, 0.5) is 8.78 Å². The predicted molar refractivity (Wildman–Crippen MR) is 48.2 cm³/mol. The maximum absolute atomic E-state index is 13.2. The van der Waals surface area contributed by atoms with Gasteiger partial charge in [-0.25, -0.2) is 8.78 Å². The van der Waals surface area contributed by atoms with Gasteiger partial charge in [-0.1, -0.05) is 24.3 Å². The lowest BCUT2D eigenvalue weighted by molar-refractivity contribution is -0.255. The number of carbonyl (C=O) groups excluding carboxylic acids is 1. The number of carbonyl (C=O) groups is 1. The fourth-order valence-electron chi connectivity index (χ4n) is 1.49. The van der Waals surface area contributed by atoms with Gasteiger partial charge >= 0.3 is 0 Å². The molecule has 0 unspecified atom stereocenters. The van der Waals surface area contributed by atoms with Gasteiger partial charge in [-0.2, -0.15) is 0 Å². The van der Waals surface area contributed by atoms with Crippen LogP contribution in [-0.2, 0) is 0 Å². The highest BCUT2D eigenvalue weighted by atomic mass is 19.2. The molecule has 15 heavy (non-hydrogen) atoms. The molecule has 0 saturated carbocycles. The summed E-state index contributed by atoms with van der Waals surface area (Å²) in [4.78, 5) is 10.7. The molecule has 0 fully saturated rings. The Balaban J connectivity index is 2.95. The molecular weight excluding hydrogens is 202 g/mol. The van der Waals surface area contributed by atoms with Crippen LogP contribution in [0, 0.1) is 11.6 Å². The van der Waals surface area contributed by atoms with E-state index in [9.17, 15) is 18.7 Å². The van der Waals surface area contributed by atoms with Crippen LogP contribution in [0.15, 0.2) is 30.3 Å². The van der Waals surface area contributed by atoms with E-state index in [-0.39, 0.29) is 5.39 Å². The van der Waals surface area contributed by atoms with Crippen LogP contribution in [-0.4, -0.2) is 5.97 Å².